The summed E-state index contributed by atoms with van der Waals surface area (Å²) in [5.41, 5.74) is 1.98. The lowest BCUT2D eigenvalue weighted by atomic mass is 10.1. The number of benzene rings is 2. The maximum atomic E-state index is 13.9. The first-order valence-corrected chi connectivity index (χ1v) is 9.84. The fourth-order valence-electron chi connectivity index (χ4n) is 3.21. The molecular formula is C22H22ClFN2O4. The van der Waals surface area contributed by atoms with Crippen molar-refractivity contribution >= 4 is 35.1 Å². The Morgan fingerprint density at radius 3 is 2.60 bits per heavy atom. The van der Waals surface area contributed by atoms with Gasteiger partial charge in [-0.1, -0.05) is 35.4 Å². The van der Waals surface area contributed by atoms with Gasteiger partial charge in [0.15, 0.2) is 6.61 Å². The smallest absolute Gasteiger partial charge is 0.311 e. The molecule has 1 atom stereocenters. The molecule has 0 aliphatic carbocycles. The third-order valence-electron chi connectivity index (χ3n) is 5.02. The number of nitrogens with zero attached hydrogens (tertiary/aromatic N) is 2. The molecule has 0 saturated carbocycles. The fraction of sp³-hybridized carbons (Fsp3) is 0.318. The maximum absolute atomic E-state index is 13.9. The van der Waals surface area contributed by atoms with Crippen molar-refractivity contribution in [3.63, 3.8) is 0 Å². The van der Waals surface area contributed by atoms with Crippen molar-refractivity contribution < 1.29 is 23.5 Å². The van der Waals surface area contributed by atoms with Gasteiger partial charge in [-0.05, 0) is 31.2 Å². The minimum atomic E-state index is -0.641. The number of halogens is 2. The van der Waals surface area contributed by atoms with Crippen LogP contribution < -0.4 is 4.90 Å². The average molecular weight is 433 g/mol. The molecule has 0 bridgehead atoms. The lowest BCUT2D eigenvalue weighted by Crippen LogP contribution is -2.33. The summed E-state index contributed by atoms with van der Waals surface area (Å²) in [6.07, 6.45) is 0.0293. The van der Waals surface area contributed by atoms with E-state index in [0.717, 1.165) is 11.3 Å². The van der Waals surface area contributed by atoms with Crippen molar-refractivity contribution in [2.24, 2.45) is 5.92 Å². The molecule has 0 aromatic heterocycles. The molecule has 0 spiro atoms. The van der Waals surface area contributed by atoms with Crippen molar-refractivity contribution in [1.29, 1.82) is 0 Å². The fourth-order valence-corrected chi connectivity index (χ4v) is 3.43. The number of hydrogen-bond acceptors (Lipinski definition) is 4. The first-order chi connectivity index (χ1) is 14.3. The van der Waals surface area contributed by atoms with Crippen molar-refractivity contribution in [2.75, 3.05) is 25.1 Å². The van der Waals surface area contributed by atoms with Gasteiger partial charge in [0.05, 0.1) is 5.92 Å². The van der Waals surface area contributed by atoms with Crippen LogP contribution in [0.2, 0.25) is 5.02 Å². The number of hydrogen-bond donors (Lipinski definition) is 0. The second-order valence-corrected chi connectivity index (χ2v) is 7.71. The molecule has 158 valence electrons. The van der Waals surface area contributed by atoms with E-state index >= 15 is 0 Å². The molecule has 30 heavy (non-hydrogen) atoms. The summed E-state index contributed by atoms with van der Waals surface area (Å²) in [5.74, 6) is -2.43. The molecule has 3 rings (SSSR count). The van der Waals surface area contributed by atoms with E-state index < -0.39 is 30.2 Å². The van der Waals surface area contributed by atoms with Crippen molar-refractivity contribution in [3.05, 3.63) is 64.4 Å². The second-order valence-electron chi connectivity index (χ2n) is 7.30. The number of amides is 2. The van der Waals surface area contributed by atoms with Crippen molar-refractivity contribution in [1.82, 2.24) is 4.90 Å². The molecule has 1 aliphatic rings. The highest BCUT2D eigenvalue weighted by molar-refractivity contribution is 6.31. The molecular weight excluding hydrogens is 411 g/mol. The van der Waals surface area contributed by atoms with Gasteiger partial charge in [0.2, 0.25) is 5.91 Å². The van der Waals surface area contributed by atoms with Gasteiger partial charge in [-0.15, -0.1) is 0 Å². The quantitative estimate of drug-likeness (QED) is 0.656. The number of carbonyl (C=O) groups excluding carboxylic acids is 3. The topological polar surface area (TPSA) is 66.9 Å². The van der Waals surface area contributed by atoms with Crippen LogP contribution in [-0.2, 0) is 25.7 Å². The molecule has 2 amide bonds. The third kappa shape index (κ3) is 4.97. The number of carbonyl (C=O) groups is 3. The van der Waals surface area contributed by atoms with Crippen LogP contribution in [0.25, 0.3) is 0 Å². The van der Waals surface area contributed by atoms with Gasteiger partial charge in [-0.25, -0.2) is 4.39 Å². The summed E-state index contributed by atoms with van der Waals surface area (Å²) in [7, 11) is 1.47. The summed E-state index contributed by atoms with van der Waals surface area (Å²) in [5, 5.41) is 0.215. The Labute approximate surface area is 179 Å². The summed E-state index contributed by atoms with van der Waals surface area (Å²) in [6.45, 7) is 1.61. The monoisotopic (exact) mass is 432 g/mol. The number of likely N-dealkylation sites (N-methyl/N-ethyl adjacent to an activating group) is 1. The summed E-state index contributed by atoms with van der Waals surface area (Å²) >= 11 is 5.98. The average Bonchev–Trinajstić information content (AvgIpc) is 3.11. The van der Waals surface area contributed by atoms with Crippen LogP contribution in [0.1, 0.15) is 17.5 Å². The zero-order chi connectivity index (χ0) is 21.8. The first kappa shape index (κ1) is 21.8. The normalized spacial score (nSPS) is 15.9. The molecule has 1 unspecified atom stereocenters. The van der Waals surface area contributed by atoms with E-state index in [9.17, 15) is 18.8 Å². The SMILES string of the molecule is Cc1ccc(N2CC(C(=O)OCC(=O)N(C)Cc3c(F)cccc3Cl)CC2=O)cc1. The molecule has 0 radical (unpaired) electrons. The lowest BCUT2D eigenvalue weighted by molar-refractivity contribution is -0.155. The standard InChI is InChI=1S/C22H22ClFN2O4/c1-14-6-8-16(9-7-14)26-11-15(10-20(26)27)22(29)30-13-21(28)25(2)12-17-18(23)4-3-5-19(17)24/h3-9,15H,10-13H2,1-2H3. The Hall–Kier alpha value is -2.93. The second kappa shape index (κ2) is 9.26. The van der Waals surface area contributed by atoms with Crippen LogP contribution in [0.3, 0.4) is 0 Å². The van der Waals surface area contributed by atoms with E-state index in [1.165, 1.54) is 30.1 Å². The molecule has 1 aliphatic heterocycles. The lowest BCUT2D eigenvalue weighted by Gasteiger charge is -2.19. The number of ether oxygens (including phenoxy) is 1. The van der Waals surface area contributed by atoms with Crippen LogP contribution >= 0.6 is 11.6 Å². The van der Waals surface area contributed by atoms with Crippen LogP contribution in [0.15, 0.2) is 42.5 Å². The number of anilines is 1. The van der Waals surface area contributed by atoms with Gasteiger partial charge in [0.25, 0.3) is 5.91 Å². The predicted octanol–water partition coefficient (Wildman–Crippen LogP) is 3.34. The van der Waals surface area contributed by atoms with Crippen LogP contribution in [0.4, 0.5) is 10.1 Å². The van der Waals surface area contributed by atoms with Gasteiger partial charge >= 0.3 is 5.97 Å². The van der Waals surface area contributed by atoms with Crippen molar-refractivity contribution in [2.45, 2.75) is 19.9 Å². The minimum absolute atomic E-state index is 0.0293. The highest BCUT2D eigenvalue weighted by Gasteiger charge is 2.36. The third-order valence-corrected chi connectivity index (χ3v) is 5.38. The summed E-state index contributed by atoms with van der Waals surface area (Å²) in [6, 6.07) is 11.7. The molecule has 2 aromatic carbocycles. The van der Waals surface area contributed by atoms with Gasteiger partial charge in [0, 0.05) is 42.8 Å². The number of esters is 1. The molecule has 1 fully saturated rings. The molecule has 6 nitrogen and oxygen atoms in total. The van der Waals surface area contributed by atoms with E-state index in [0.29, 0.717) is 0 Å². The predicted molar refractivity (Wildman–Crippen MR) is 110 cm³/mol. The molecule has 1 heterocycles. The van der Waals surface area contributed by atoms with Crippen LogP contribution in [-0.4, -0.2) is 42.9 Å². The summed E-state index contributed by atoms with van der Waals surface area (Å²) in [4.78, 5) is 39.7. The Morgan fingerprint density at radius 1 is 1.23 bits per heavy atom. The maximum Gasteiger partial charge on any atom is 0.311 e. The van der Waals surface area contributed by atoms with E-state index in [1.807, 2.05) is 31.2 Å². The van der Waals surface area contributed by atoms with Crippen LogP contribution in [0, 0.1) is 18.7 Å². The zero-order valence-corrected chi connectivity index (χ0v) is 17.5. The van der Waals surface area contributed by atoms with Gasteiger partial charge < -0.3 is 14.5 Å². The van der Waals surface area contributed by atoms with Gasteiger partial charge in [0.1, 0.15) is 5.82 Å². The minimum Gasteiger partial charge on any atom is -0.455 e. The largest absolute Gasteiger partial charge is 0.455 e. The van der Waals surface area contributed by atoms with Crippen LogP contribution in [0.5, 0.6) is 0 Å². The Bertz CT molecular complexity index is 944. The Morgan fingerprint density at radius 2 is 1.93 bits per heavy atom. The van der Waals surface area contributed by atoms with Gasteiger partial charge in [-0.3, -0.25) is 14.4 Å². The molecule has 2 aromatic rings. The van der Waals surface area contributed by atoms with E-state index in [-0.39, 0.29) is 36.0 Å². The Kier molecular flexibility index (Phi) is 6.72. The highest BCUT2D eigenvalue weighted by atomic mass is 35.5. The Balaban J connectivity index is 1.53. The molecule has 8 heteroatoms. The van der Waals surface area contributed by atoms with Crippen molar-refractivity contribution in [3.8, 4) is 0 Å². The number of aryl methyl sites for hydroxylation is 1. The number of rotatable bonds is 6. The summed E-state index contributed by atoms with van der Waals surface area (Å²) < 4.78 is 19.0. The molecule has 0 N–H and O–H groups in total. The van der Waals surface area contributed by atoms with E-state index in [4.69, 9.17) is 16.3 Å². The van der Waals surface area contributed by atoms with Gasteiger partial charge in [-0.2, -0.15) is 0 Å². The first-order valence-electron chi connectivity index (χ1n) is 9.46. The molecule has 1 saturated heterocycles. The highest BCUT2D eigenvalue weighted by Crippen LogP contribution is 2.26. The van der Waals surface area contributed by atoms with E-state index in [2.05, 4.69) is 0 Å². The van der Waals surface area contributed by atoms with E-state index in [1.54, 1.807) is 4.90 Å². The zero-order valence-electron chi connectivity index (χ0n) is 16.7.